The summed E-state index contributed by atoms with van der Waals surface area (Å²) in [4.78, 5) is 5.95. The lowest BCUT2D eigenvalue weighted by atomic mass is 10.1. The van der Waals surface area contributed by atoms with E-state index in [0.717, 1.165) is 11.3 Å². The summed E-state index contributed by atoms with van der Waals surface area (Å²) in [5.74, 6) is 1.57. The predicted octanol–water partition coefficient (Wildman–Crippen LogP) is 2.99. The van der Waals surface area contributed by atoms with Crippen molar-refractivity contribution in [1.82, 2.24) is 34.9 Å². The SMILES string of the molecule is COc1cc2nnc(-c3cc(C)on3)n2nc1OCc1ccc2c(n1)CCN(CC(F)(F)F)C2. The third kappa shape index (κ3) is 4.51. The van der Waals surface area contributed by atoms with Crippen LogP contribution in [0.1, 0.15) is 22.7 Å². The summed E-state index contributed by atoms with van der Waals surface area (Å²) in [5, 5.41) is 16.6. The molecule has 0 radical (unpaired) electrons. The topological polar surface area (TPSA) is 104 Å². The van der Waals surface area contributed by atoms with Crippen molar-refractivity contribution in [3.8, 4) is 23.1 Å². The van der Waals surface area contributed by atoms with E-state index in [1.54, 1.807) is 31.2 Å². The van der Waals surface area contributed by atoms with Gasteiger partial charge in [-0.15, -0.1) is 15.3 Å². The number of ether oxygens (including phenoxy) is 2. The van der Waals surface area contributed by atoms with Crippen LogP contribution in [0.15, 0.2) is 28.8 Å². The van der Waals surface area contributed by atoms with E-state index in [2.05, 4.69) is 25.4 Å². The number of hydrogen-bond acceptors (Lipinski definition) is 9. The van der Waals surface area contributed by atoms with Crippen molar-refractivity contribution in [3.05, 3.63) is 47.0 Å². The number of methoxy groups -OCH3 is 1. The molecule has 10 nitrogen and oxygen atoms in total. The highest BCUT2D eigenvalue weighted by atomic mass is 19.4. The maximum Gasteiger partial charge on any atom is 0.401 e. The Kier molecular flexibility index (Phi) is 5.55. The first kappa shape index (κ1) is 22.1. The quantitative estimate of drug-likeness (QED) is 0.416. The normalized spacial score (nSPS) is 14.4. The molecule has 0 aromatic carbocycles. The number of aryl methyl sites for hydroxylation is 1. The lowest BCUT2D eigenvalue weighted by Crippen LogP contribution is -2.38. The molecular weight excluding hydrogens is 455 g/mol. The fraction of sp³-hybridized carbons (Fsp3) is 0.381. The van der Waals surface area contributed by atoms with Gasteiger partial charge in [0.1, 0.15) is 12.4 Å². The summed E-state index contributed by atoms with van der Waals surface area (Å²) in [5.41, 5.74) is 3.11. The van der Waals surface area contributed by atoms with Crippen molar-refractivity contribution in [2.75, 3.05) is 20.2 Å². The minimum atomic E-state index is -4.22. The van der Waals surface area contributed by atoms with Crippen molar-refractivity contribution >= 4 is 5.65 Å². The lowest BCUT2D eigenvalue weighted by Gasteiger charge is -2.28. The van der Waals surface area contributed by atoms with Gasteiger partial charge in [0.15, 0.2) is 17.1 Å². The average Bonchev–Trinajstić information content (AvgIpc) is 3.41. The zero-order chi connectivity index (χ0) is 23.9. The number of hydrogen-bond donors (Lipinski definition) is 0. The van der Waals surface area contributed by atoms with E-state index in [9.17, 15) is 13.2 Å². The van der Waals surface area contributed by atoms with E-state index >= 15 is 0 Å². The summed E-state index contributed by atoms with van der Waals surface area (Å²) in [6, 6.07) is 6.89. The van der Waals surface area contributed by atoms with Crippen molar-refractivity contribution in [1.29, 1.82) is 0 Å². The third-order valence-corrected chi connectivity index (χ3v) is 5.35. The molecule has 5 heterocycles. The molecule has 0 unspecified atom stereocenters. The molecule has 0 spiro atoms. The first-order chi connectivity index (χ1) is 16.3. The van der Waals surface area contributed by atoms with E-state index < -0.39 is 12.7 Å². The van der Waals surface area contributed by atoms with Gasteiger partial charge in [-0.1, -0.05) is 11.2 Å². The van der Waals surface area contributed by atoms with Crippen LogP contribution in [0.4, 0.5) is 13.2 Å². The minimum absolute atomic E-state index is 0.0922. The molecule has 0 bridgehead atoms. The van der Waals surface area contributed by atoms with E-state index in [4.69, 9.17) is 14.0 Å². The summed E-state index contributed by atoms with van der Waals surface area (Å²) in [7, 11) is 1.49. The highest BCUT2D eigenvalue weighted by molar-refractivity contribution is 5.56. The maximum atomic E-state index is 12.7. The maximum absolute atomic E-state index is 12.7. The second-order valence-corrected chi connectivity index (χ2v) is 7.91. The molecule has 0 fully saturated rings. The molecule has 34 heavy (non-hydrogen) atoms. The van der Waals surface area contributed by atoms with Gasteiger partial charge in [0.25, 0.3) is 5.88 Å². The predicted molar refractivity (Wildman–Crippen MR) is 111 cm³/mol. The molecule has 13 heteroatoms. The molecule has 5 rings (SSSR count). The molecule has 4 aromatic rings. The van der Waals surface area contributed by atoms with Crippen LogP contribution in [-0.2, 0) is 19.6 Å². The van der Waals surface area contributed by atoms with Crippen LogP contribution in [-0.4, -0.2) is 61.2 Å². The molecule has 0 saturated heterocycles. The Morgan fingerprint density at radius 2 is 2.03 bits per heavy atom. The van der Waals surface area contributed by atoms with Crippen LogP contribution in [0.3, 0.4) is 0 Å². The molecule has 0 N–H and O–H groups in total. The zero-order valence-corrected chi connectivity index (χ0v) is 18.3. The second kappa shape index (κ2) is 8.56. The Hall–Kier alpha value is -3.74. The van der Waals surface area contributed by atoms with E-state index in [0.29, 0.717) is 47.3 Å². The highest BCUT2D eigenvalue weighted by Crippen LogP contribution is 2.28. The lowest BCUT2D eigenvalue weighted by molar-refractivity contribution is -0.147. The van der Waals surface area contributed by atoms with Gasteiger partial charge < -0.3 is 14.0 Å². The second-order valence-electron chi connectivity index (χ2n) is 7.91. The number of fused-ring (bicyclic) bond motifs is 2. The molecule has 4 aromatic heterocycles. The van der Waals surface area contributed by atoms with Crippen LogP contribution >= 0.6 is 0 Å². The highest BCUT2D eigenvalue weighted by Gasteiger charge is 2.32. The van der Waals surface area contributed by atoms with Crippen molar-refractivity contribution in [2.45, 2.75) is 32.7 Å². The number of nitrogens with zero attached hydrogens (tertiary/aromatic N) is 7. The smallest absolute Gasteiger partial charge is 0.401 e. The summed E-state index contributed by atoms with van der Waals surface area (Å²) in [6.07, 6.45) is -3.78. The van der Waals surface area contributed by atoms with E-state index in [1.165, 1.54) is 16.5 Å². The van der Waals surface area contributed by atoms with Gasteiger partial charge in [0.05, 0.1) is 19.3 Å². The van der Waals surface area contributed by atoms with Crippen LogP contribution in [0.25, 0.3) is 17.2 Å². The largest absolute Gasteiger partial charge is 0.491 e. The van der Waals surface area contributed by atoms with Gasteiger partial charge in [0.2, 0.25) is 5.82 Å². The molecule has 1 aliphatic heterocycles. The Morgan fingerprint density at radius 1 is 1.18 bits per heavy atom. The van der Waals surface area contributed by atoms with Gasteiger partial charge in [-0.25, -0.2) is 0 Å². The molecule has 0 amide bonds. The number of rotatable bonds is 6. The summed E-state index contributed by atoms with van der Waals surface area (Å²) in [6.45, 7) is 1.45. The van der Waals surface area contributed by atoms with E-state index in [1.807, 2.05) is 0 Å². The summed E-state index contributed by atoms with van der Waals surface area (Å²) >= 11 is 0. The average molecular weight is 475 g/mol. The number of halogens is 3. The monoisotopic (exact) mass is 475 g/mol. The fourth-order valence-corrected chi connectivity index (χ4v) is 3.81. The Bertz CT molecular complexity index is 1340. The molecule has 178 valence electrons. The van der Waals surface area contributed by atoms with Gasteiger partial charge in [0, 0.05) is 37.3 Å². The third-order valence-electron chi connectivity index (χ3n) is 5.35. The van der Waals surface area contributed by atoms with Crippen LogP contribution in [0.5, 0.6) is 11.6 Å². The van der Waals surface area contributed by atoms with Crippen molar-refractivity contribution in [2.24, 2.45) is 0 Å². The zero-order valence-electron chi connectivity index (χ0n) is 18.3. The molecule has 0 saturated carbocycles. The number of aromatic nitrogens is 6. The van der Waals surface area contributed by atoms with Crippen LogP contribution in [0, 0.1) is 6.92 Å². The van der Waals surface area contributed by atoms with Gasteiger partial charge in [-0.3, -0.25) is 9.88 Å². The van der Waals surface area contributed by atoms with Crippen molar-refractivity contribution in [3.63, 3.8) is 0 Å². The molecule has 0 atom stereocenters. The fourth-order valence-electron chi connectivity index (χ4n) is 3.81. The van der Waals surface area contributed by atoms with Gasteiger partial charge in [-0.05, 0) is 18.6 Å². The van der Waals surface area contributed by atoms with Crippen LogP contribution in [0.2, 0.25) is 0 Å². The standard InChI is InChI=1S/C21H20F3N7O3/c1-12-7-16(29-34-12)19-27-26-18-8-17(32-2)20(28-31(18)19)33-10-14-4-3-13-9-30(11-21(22,23)24)6-5-15(13)25-14/h3-4,7-8H,5-6,9-11H2,1-2H3. The Morgan fingerprint density at radius 3 is 2.76 bits per heavy atom. The minimum Gasteiger partial charge on any atom is -0.491 e. The van der Waals surface area contributed by atoms with Crippen molar-refractivity contribution < 1.29 is 27.2 Å². The Balaban J connectivity index is 1.35. The van der Waals surface area contributed by atoms with Crippen LogP contribution < -0.4 is 9.47 Å². The number of alkyl halides is 3. The molecule has 0 aliphatic carbocycles. The Labute approximate surface area is 191 Å². The first-order valence-electron chi connectivity index (χ1n) is 10.4. The number of pyridine rings is 1. The van der Waals surface area contributed by atoms with Gasteiger partial charge in [-0.2, -0.15) is 17.7 Å². The molecule has 1 aliphatic rings. The van der Waals surface area contributed by atoms with Gasteiger partial charge >= 0.3 is 6.18 Å². The summed E-state index contributed by atoms with van der Waals surface area (Å²) < 4.78 is 55.9. The molecular formula is C21H20F3N7O3. The van der Waals surface area contributed by atoms with E-state index in [-0.39, 0.29) is 19.0 Å². The first-order valence-corrected chi connectivity index (χ1v) is 10.4.